The average Bonchev–Trinajstić information content (AvgIpc) is 3.54. The molecule has 0 unspecified atom stereocenters. The van der Waals surface area contributed by atoms with Crippen LogP contribution in [0.15, 0.2) is 42.5 Å². The lowest BCUT2D eigenvalue weighted by Crippen LogP contribution is -2.44. The monoisotopic (exact) mass is 383 g/mol. The molecular weight excluding hydrogens is 357 g/mol. The SMILES string of the molecule is COc1cccc(NC2CCN(C(=O)Nc3ccc(C4CC4)c(F)c3)CC2)c1. The minimum absolute atomic E-state index is 0.168. The first-order valence-electron chi connectivity index (χ1n) is 9.88. The summed E-state index contributed by atoms with van der Waals surface area (Å²) in [6.07, 6.45) is 3.84. The summed E-state index contributed by atoms with van der Waals surface area (Å²) in [4.78, 5) is 14.3. The Morgan fingerprint density at radius 3 is 2.54 bits per heavy atom. The molecule has 0 aromatic heterocycles. The van der Waals surface area contributed by atoms with Crippen LogP contribution in [0.5, 0.6) is 5.75 Å². The lowest BCUT2D eigenvalue weighted by molar-refractivity contribution is 0.197. The highest BCUT2D eigenvalue weighted by atomic mass is 19.1. The number of anilines is 2. The Labute approximate surface area is 164 Å². The smallest absolute Gasteiger partial charge is 0.321 e. The Bertz CT molecular complexity index is 845. The largest absolute Gasteiger partial charge is 0.497 e. The fourth-order valence-electron chi connectivity index (χ4n) is 3.71. The van der Waals surface area contributed by atoms with E-state index in [4.69, 9.17) is 4.74 Å². The summed E-state index contributed by atoms with van der Waals surface area (Å²) in [6, 6.07) is 13.0. The lowest BCUT2D eigenvalue weighted by atomic mass is 10.0. The van der Waals surface area contributed by atoms with Crippen molar-refractivity contribution in [2.24, 2.45) is 0 Å². The molecule has 2 amide bonds. The quantitative estimate of drug-likeness (QED) is 0.778. The second-order valence-corrected chi connectivity index (χ2v) is 7.58. The maximum atomic E-state index is 14.2. The van der Waals surface area contributed by atoms with E-state index in [1.807, 2.05) is 24.3 Å². The Morgan fingerprint density at radius 2 is 1.86 bits per heavy atom. The second kappa shape index (κ2) is 8.09. The Kier molecular flexibility index (Phi) is 5.37. The van der Waals surface area contributed by atoms with Crippen LogP contribution in [0.2, 0.25) is 0 Å². The molecule has 0 radical (unpaired) electrons. The van der Waals surface area contributed by atoms with Gasteiger partial charge in [-0.1, -0.05) is 12.1 Å². The summed E-state index contributed by atoms with van der Waals surface area (Å²) >= 11 is 0. The van der Waals surface area contributed by atoms with Gasteiger partial charge in [-0.05, 0) is 61.4 Å². The van der Waals surface area contributed by atoms with Crippen molar-refractivity contribution >= 4 is 17.4 Å². The topological polar surface area (TPSA) is 53.6 Å². The van der Waals surface area contributed by atoms with E-state index in [9.17, 15) is 9.18 Å². The van der Waals surface area contributed by atoms with Crippen molar-refractivity contribution in [1.82, 2.24) is 4.90 Å². The van der Waals surface area contributed by atoms with Gasteiger partial charge in [0.1, 0.15) is 11.6 Å². The average molecular weight is 383 g/mol. The molecule has 1 aliphatic heterocycles. The number of methoxy groups -OCH3 is 1. The number of ether oxygens (including phenoxy) is 1. The van der Waals surface area contributed by atoms with Crippen molar-refractivity contribution < 1.29 is 13.9 Å². The predicted molar refractivity (Wildman–Crippen MR) is 109 cm³/mol. The third kappa shape index (κ3) is 4.38. The van der Waals surface area contributed by atoms with Crippen LogP contribution in [0, 0.1) is 5.82 Å². The second-order valence-electron chi connectivity index (χ2n) is 7.58. The van der Waals surface area contributed by atoms with E-state index in [1.54, 1.807) is 24.1 Å². The minimum atomic E-state index is -0.221. The highest BCUT2D eigenvalue weighted by Crippen LogP contribution is 2.41. The number of urea groups is 1. The number of hydrogen-bond acceptors (Lipinski definition) is 3. The van der Waals surface area contributed by atoms with Gasteiger partial charge < -0.3 is 20.3 Å². The molecule has 1 saturated carbocycles. The zero-order chi connectivity index (χ0) is 19.5. The van der Waals surface area contributed by atoms with Crippen molar-refractivity contribution in [3.05, 3.63) is 53.8 Å². The number of hydrogen-bond donors (Lipinski definition) is 2. The summed E-state index contributed by atoms with van der Waals surface area (Å²) < 4.78 is 19.4. The number of rotatable bonds is 5. The van der Waals surface area contributed by atoms with E-state index in [0.717, 1.165) is 42.7 Å². The number of halogens is 1. The number of benzene rings is 2. The zero-order valence-corrected chi connectivity index (χ0v) is 16.1. The molecule has 1 heterocycles. The molecule has 0 bridgehead atoms. The summed E-state index contributed by atoms with van der Waals surface area (Å²) in [5, 5.41) is 6.34. The molecule has 1 saturated heterocycles. The van der Waals surface area contributed by atoms with E-state index < -0.39 is 0 Å². The number of amides is 2. The van der Waals surface area contributed by atoms with Crippen molar-refractivity contribution in [3.63, 3.8) is 0 Å². The van der Waals surface area contributed by atoms with Gasteiger partial charge in [0.25, 0.3) is 0 Å². The number of nitrogens with one attached hydrogen (secondary N) is 2. The van der Waals surface area contributed by atoms with E-state index in [2.05, 4.69) is 10.6 Å². The summed E-state index contributed by atoms with van der Waals surface area (Å²) in [5.74, 6) is 0.962. The van der Waals surface area contributed by atoms with Gasteiger partial charge in [-0.15, -0.1) is 0 Å². The molecule has 0 spiro atoms. The van der Waals surface area contributed by atoms with Crippen LogP contribution in [0.25, 0.3) is 0 Å². The molecule has 148 valence electrons. The molecule has 28 heavy (non-hydrogen) atoms. The van der Waals surface area contributed by atoms with Crippen LogP contribution in [0.4, 0.5) is 20.6 Å². The lowest BCUT2D eigenvalue weighted by Gasteiger charge is -2.33. The highest BCUT2D eigenvalue weighted by Gasteiger charge is 2.27. The van der Waals surface area contributed by atoms with Crippen molar-refractivity contribution in [2.45, 2.75) is 37.6 Å². The molecule has 2 aromatic carbocycles. The Morgan fingerprint density at radius 1 is 1.07 bits per heavy atom. The number of likely N-dealkylation sites (tertiary alicyclic amines) is 1. The van der Waals surface area contributed by atoms with Crippen LogP contribution >= 0.6 is 0 Å². The van der Waals surface area contributed by atoms with Crippen LogP contribution < -0.4 is 15.4 Å². The van der Waals surface area contributed by atoms with Crippen LogP contribution in [0.1, 0.15) is 37.2 Å². The Hall–Kier alpha value is -2.76. The van der Waals surface area contributed by atoms with Gasteiger partial charge in [-0.3, -0.25) is 0 Å². The molecule has 6 heteroatoms. The fraction of sp³-hybridized carbons (Fsp3) is 0.409. The standard InChI is InChI=1S/C22H26FN3O2/c1-28-19-4-2-3-17(13-19)24-16-9-11-26(12-10-16)22(27)25-18-7-8-20(15-5-6-15)21(23)14-18/h2-4,7-8,13-16,24H,5-6,9-12H2,1H3,(H,25,27). The summed E-state index contributed by atoms with van der Waals surface area (Å²) in [7, 11) is 1.65. The molecule has 0 atom stereocenters. The van der Waals surface area contributed by atoms with E-state index >= 15 is 0 Å². The third-order valence-corrected chi connectivity index (χ3v) is 5.49. The summed E-state index contributed by atoms with van der Waals surface area (Å²) in [6.45, 7) is 1.33. The predicted octanol–water partition coefficient (Wildman–Crippen LogP) is 4.82. The first kappa shape index (κ1) is 18.6. The molecule has 4 rings (SSSR count). The van der Waals surface area contributed by atoms with Crippen molar-refractivity contribution in [1.29, 1.82) is 0 Å². The van der Waals surface area contributed by atoms with Gasteiger partial charge in [0, 0.05) is 36.6 Å². The molecule has 2 fully saturated rings. The molecule has 2 aliphatic rings. The van der Waals surface area contributed by atoms with Crippen molar-refractivity contribution in [2.75, 3.05) is 30.8 Å². The van der Waals surface area contributed by atoms with Crippen LogP contribution in [-0.2, 0) is 0 Å². The van der Waals surface area contributed by atoms with Gasteiger partial charge in [0.15, 0.2) is 0 Å². The first-order chi connectivity index (χ1) is 13.6. The normalized spacial score (nSPS) is 17.3. The molecule has 1 aliphatic carbocycles. The summed E-state index contributed by atoms with van der Waals surface area (Å²) in [5.41, 5.74) is 2.31. The van der Waals surface area contributed by atoms with Gasteiger partial charge in [0.05, 0.1) is 7.11 Å². The zero-order valence-electron chi connectivity index (χ0n) is 16.1. The van der Waals surface area contributed by atoms with Gasteiger partial charge in [-0.2, -0.15) is 0 Å². The van der Waals surface area contributed by atoms with Crippen LogP contribution in [0.3, 0.4) is 0 Å². The number of carbonyl (C=O) groups is 1. The number of nitrogens with zero attached hydrogens (tertiary/aromatic N) is 1. The highest BCUT2D eigenvalue weighted by molar-refractivity contribution is 5.89. The number of carbonyl (C=O) groups excluding carboxylic acids is 1. The maximum absolute atomic E-state index is 14.2. The van der Waals surface area contributed by atoms with E-state index in [0.29, 0.717) is 30.7 Å². The molecular formula is C22H26FN3O2. The van der Waals surface area contributed by atoms with Gasteiger partial charge in [-0.25, -0.2) is 9.18 Å². The van der Waals surface area contributed by atoms with E-state index in [-0.39, 0.29) is 11.8 Å². The maximum Gasteiger partial charge on any atom is 0.321 e. The first-order valence-corrected chi connectivity index (χ1v) is 9.88. The van der Waals surface area contributed by atoms with Gasteiger partial charge >= 0.3 is 6.03 Å². The van der Waals surface area contributed by atoms with Crippen LogP contribution in [-0.4, -0.2) is 37.2 Å². The van der Waals surface area contributed by atoms with Gasteiger partial charge in [0.2, 0.25) is 0 Å². The molecule has 2 N–H and O–H groups in total. The molecule has 5 nitrogen and oxygen atoms in total. The number of piperidine rings is 1. The Balaban J connectivity index is 1.28. The third-order valence-electron chi connectivity index (χ3n) is 5.49. The van der Waals surface area contributed by atoms with E-state index in [1.165, 1.54) is 6.07 Å². The molecule has 2 aromatic rings. The fourth-order valence-corrected chi connectivity index (χ4v) is 3.71. The van der Waals surface area contributed by atoms with Crippen molar-refractivity contribution in [3.8, 4) is 5.75 Å². The minimum Gasteiger partial charge on any atom is -0.497 e.